The molecule has 0 atom stereocenters. The molecular formula is C23H24N4O4S2. The first-order valence-electron chi connectivity index (χ1n) is 10.7. The van der Waals surface area contributed by atoms with Crippen molar-refractivity contribution in [2.24, 2.45) is 0 Å². The smallest absolute Gasteiger partial charge is 0.270 e. The molecule has 1 aromatic heterocycles. The number of nitrogens with zero attached hydrogens (tertiary/aromatic N) is 3. The normalized spacial score (nSPS) is 15.4. The van der Waals surface area contributed by atoms with Crippen LogP contribution in [0.4, 0.5) is 10.8 Å². The zero-order valence-corrected chi connectivity index (χ0v) is 19.5. The van der Waals surface area contributed by atoms with Gasteiger partial charge < -0.3 is 5.32 Å². The van der Waals surface area contributed by atoms with E-state index in [0.717, 1.165) is 36.9 Å². The van der Waals surface area contributed by atoms with E-state index in [1.807, 2.05) is 5.38 Å². The van der Waals surface area contributed by atoms with Gasteiger partial charge in [0.25, 0.3) is 5.69 Å². The number of nitro groups is 1. The van der Waals surface area contributed by atoms with Crippen LogP contribution in [-0.4, -0.2) is 35.7 Å². The predicted octanol–water partition coefficient (Wildman–Crippen LogP) is 5.37. The van der Waals surface area contributed by atoms with E-state index < -0.39 is 14.9 Å². The summed E-state index contributed by atoms with van der Waals surface area (Å²) in [5, 5.41) is 16.5. The Labute approximate surface area is 196 Å². The number of nitro benzene ring substituents is 1. The number of non-ortho nitro benzene ring substituents is 1. The van der Waals surface area contributed by atoms with Gasteiger partial charge in [-0.1, -0.05) is 37.1 Å². The van der Waals surface area contributed by atoms with Crippen LogP contribution in [0, 0.1) is 10.1 Å². The van der Waals surface area contributed by atoms with Crippen LogP contribution in [0.1, 0.15) is 31.2 Å². The Hall–Kier alpha value is -3.08. The van der Waals surface area contributed by atoms with Crippen LogP contribution in [0.3, 0.4) is 0 Å². The maximum atomic E-state index is 12.9. The number of nitrogens with one attached hydrogen (secondary N) is 1. The van der Waals surface area contributed by atoms with E-state index in [0.29, 0.717) is 28.7 Å². The third-order valence-electron chi connectivity index (χ3n) is 5.42. The first kappa shape index (κ1) is 23.1. The predicted molar refractivity (Wildman–Crippen MR) is 131 cm³/mol. The van der Waals surface area contributed by atoms with Crippen molar-refractivity contribution < 1.29 is 13.3 Å². The van der Waals surface area contributed by atoms with E-state index in [2.05, 4.69) is 10.3 Å². The summed E-state index contributed by atoms with van der Waals surface area (Å²) in [4.78, 5) is 15.3. The van der Waals surface area contributed by atoms with Crippen molar-refractivity contribution in [1.29, 1.82) is 0 Å². The van der Waals surface area contributed by atoms with Crippen LogP contribution >= 0.6 is 11.3 Å². The number of thiazole rings is 1. The van der Waals surface area contributed by atoms with Crippen molar-refractivity contribution in [2.45, 2.75) is 30.6 Å². The molecule has 8 nitrogen and oxygen atoms in total. The lowest BCUT2D eigenvalue weighted by molar-refractivity contribution is -0.384. The molecule has 2 aromatic carbocycles. The van der Waals surface area contributed by atoms with Crippen molar-refractivity contribution in [3.8, 4) is 11.3 Å². The Kier molecular flexibility index (Phi) is 7.17. The minimum Gasteiger partial charge on any atom is -0.338 e. The topological polar surface area (TPSA) is 105 Å². The number of benzene rings is 2. The molecule has 0 bridgehead atoms. The zero-order chi connectivity index (χ0) is 23.3. The SMILES string of the molecule is O=[N+]([O-])c1cccc(C=CNc2nc(-c3ccc(S(=O)(=O)N4CCCCCC4)cc3)cs2)c1. The Bertz CT molecular complexity index is 1250. The fraction of sp³-hybridized carbons (Fsp3) is 0.261. The maximum Gasteiger partial charge on any atom is 0.270 e. The third-order valence-corrected chi connectivity index (χ3v) is 8.11. The molecule has 0 amide bonds. The number of aromatic nitrogens is 1. The highest BCUT2D eigenvalue weighted by atomic mass is 32.2. The summed E-state index contributed by atoms with van der Waals surface area (Å²) in [6.45, 7) is 1.16. The van der Waals surface area contributed by atoms with E-state index in [1.165, 1.54) is 23.5 Å². The van der Waals surface area contributed by atoms with Crippen LogP contribution < -0.4 is 5.32 Å². The number of hydrogen-bond donors (Lipinski definition) is 1. The second-order valence-electron chi connectivity index (χ2n) is 7.71. The standard InChI is InChI=1S/C23H24N4O4S2/c28-27(29)20-7-5-6-18(16-20)12-13-24-23-25-22(17-32-23)19-8-10-21(11-9-19)33(30,31)26-14-3-1-2-4-15-26/h5-13,16-17H,1-4,14-15H2,(H,24,25). The molecule has 1 saturated heterocycles. The Balaban J connectivity index is 1.42. The number of anilines is 1. The first-order chi connectivity index (χ1) is 15.9. The summed E-state index contributed by atoms with van der Waals surface area (Å²) in [5.74, 6) is 0. The van der Waals surface area contributed by atoms with Gasteiger partial charge in [-0.3, -0.25) is 10.1 Å². The molecule has 0 unspecified atom stereocenters. The molecule has 0 aliphatic carbocycles. The maximum absolute atomic E-state index is 12.9. The van der Waals surface area contributed by atoms with Crippen LogP contribution in [-0.2, 0) is 10.0 Å². The minimum atomic E-state index is -3.47. The lowest BCUT2D eigenvalue weighted by atomic mass is 10.2. The van der Waals surface area contributed by atoms with Gasteiger partial charge in [0.2, 0.25) is 10.0 Å². The highest BCUT2D eigenvalue weighted by Gasteiger charge is 2.25. The number of sulfonamides is 1. The summed E-state index contributed by atoms with van der Waals surface area (Å²) in [7, 11) is -3.47. The molecule has 3 aromatic rings. The summed E-state index contributed by atoms with van der Waals surface area (Å²) >= 11 is 1.41. The molecule has 10 heteroatoms. The lowest BCUT2D eigenvalue weighted by Gasteiger charge is -2.19. The van der Waals surface area contributed by atoms with E-state index in [9.17, 15) is 18.5 Å². The van der Waals surface area contributed by atoms with Gasteiger partial charge >= 0.3 is 0 Å². The molecule has 2 heterocycles. The van der Waals surface area contributed by atoms with E-state index in [-0.39, 0.29) is 5.69 Å². The summed E-state index contributed by atoms with van der Waals surface area (Å²) in [5.41, 5.74) is 2.31. The largest absolute Gasteiger partial charge is 0.338 e. The molecule has 172 valence electrons. The van der Waals surface area contributed by atoms with Crippen molar-refractivity contribution in [3.05, 3.63) is 75.8 Å². The molecule has 1 N–H and O–H groups in total. The van der Waals surface area contributed by atoms with E-state index >= 15 is 0 Å². The molecule has 1 fully saturated rings. The van der Waals surface area contributed by atoms with Crippen molar-refractivity contribution >= 4 is 38.3 Å². The molecule has 4 rings (SSSR count). The lowest BCUT2D eigenvalue weighted by Crippen LogP contribution is -2.31. The molecule has 0 spiro atoms. The van der Waals surface area contributed by atoms with Gasteiger partial charge in [-0.25, -0.2) is 13.4 Å². The van der Waals surface area contributed by atoms with Crippen LogP contribution in [0.5, 0.6) is 0 Å². The van der Waals surface area contributed by atoms with Crippen molar-refractivity contribution in [1.82, 2.24) is 9.29 Å². The zero-order valence-electron chi connectivity index (χ0n) is 17.9. The summed E-state index contributed by atoms with van der Waals surface area (Å²) in [6.07, 6.45) is 7.37. The third kappa shape index (κ3) is 5.65. The summed E-state index contributed by atoms with van der Waals surface area (Å²) < 4.78 is 27.5. The first-order valence-corrected chi connectivity index (χ1v) is 13.0. The van der Waals surface area contributed by atoms with Crippen molar-refractivity contribution in [3.63, 3.8) is 0 Å². The average Bonchev–Trinajstić information content (AvgIpc) is 3.11. The van der Waals surface area contributed by atoms with Gasteiger partial charge in [-0.2, -0.15) is 4.31 Å². The Morgan fingerprint density at radius 3 is 2.48 bits per heavy atom. The molecule has 1 aliphatic rings. The molecule has 0 radical (unpaired) electrons. The van der Waals surface area contributed by atoms with Gasteiger partial charge in [0.1, 0.15) is 0 Å². The van der Waals surface area contributed by atoms with Gasteiger partial charge in [0.05, 0.1) is 15.5 Å². The second kappa shape index (κ2) is 10.2. The van der Waals surface area contributed by atoms with Crippen LogP contribution in [0.15, 0.2) is 65.0 Å². The van der Waals surface area contributed by atoms with Gasteiger partial charge in [0.15, 0.2) is 5.13 Å². The molecule has 33 heavy (non-hydrogen) atoms. The summed E-state index contributed by atoms with van der Waals surface area (Å²) in [6, 6.07) is 13.2. The molecule has 0 saturated carbocycles. The fourth-order valence-electron chi connectivity index (χ4n) is 3.65. The van der Waals surface area contributed by atoms with Gasteiger partial charge in [0, 0.05) is 42.4 Å². The Morgan fingerprint density at radius 1 is 1.06 bits per heavy atom. The quantitative estimate of drug-likeness (QED) is 0.357. The van der Waals surface area contributed by atoms with Crippen molar-refractivity contribution in [2.75, 3.05) is 18.4 Å². The fourth-order valence-corrected chi connectivity index (χ4v) is 5.87. The minimum absolute atomic E-state index is 0.0370. The van der Waals surface area contributed by atoms with E-state index in [1.54, 1.807) is 53.0 Å². The molecule has 1 aliphatic heterocycles. The monoisotopic (exact) mass is 484 g/mol. The number of hydrogen-bond acceptors (Lipinski definition) is 7. The highest BCUT2D eigenvalue weighted by molar-refractivity contribution is 7.89. The van der Waals surface area contributed by atoms with Crippen LogP contribution in [0.2, 0.25) is 0 Å². The van der Waals surface area contributed by atoms with Gasteiger partial charge in [-0.05, 0) is 36.6 Å². The second-order valence-corrected chi connectivity index (χ2v) is 10.5. The van der Waals surface area contributed by atoms with E-state index in [4.69, 9.17) is 0 Å². The highest BCUT2D eigenvalue weighted by Crippen LogP contribution is 2.27. The average molecular weight is 485 g/mol. The van der Waals surface area contributed by atoms with Gasteiger partial charge in [-0.15, -0.1) is 11.3 Å². The van der Waals surface area contributed by atoms with Crippen LogP contribution in [0.25, 0.3) is 17.3 Å². The Morgan fingerprint density at radius 2 is 1.79 bits per heavy atom. The molecular weight excluding hydrogens is 460 g/mol. The number of rotatable bonds is 7.